The van der Waals surface area contributed by atoms with E-state index in [-0.39, 0.29) is 12.5 Å². The van der Waals surface area contributed by atoms with Crippen LogP contribution in [-0.2, 0) is 22.6 Å². The van der Waals surface area contributed by atoms with E-state index in [9.17, 15) is 9.59 Å². The molecule has 0 fully saturated rings. The molecule has 0 aliphatic carbocycles. The molecule has 0 atom stereocenters. The summed E-state index contributed by atoms with van der Waals surface area (Å²) in [5.74, 6) is 0.100. The highest BCUT2D eigenvalue weighted by Crippen LogP contribution is 2.18. The standard InChI is InChI=1S/C23H26N2O4/c1-4-24(14-19-9-6-5-7-10-19)22(26)16-29-23(27)21-13-17(2)25(18(21)3)15-20-11-8-12-28-20/h5-13H,4,14-16H2,1-3H3. The van der Waals surface area contributed by atoms with E-state index in [0.717, 1.165) is 22.7 Å². The van der Waals surface area contributed by atoms with Crippen molar-refractivity contribution in [2.24, 2.45) is 0 Å². The molecule has 0 aliphatic rings. The maximum Gasteiger partial charge on any atom is 0.340 e. The molecule has 0 N–H and O–H groups in total. The van der Waals surface area contributed by atoms with Gasteiger partial charge in [0, 0.05) is 24.5 Å². The number of aromatic nitrogens is 1. The minimum Gasteiger partial charge on any atom is -0.467 e. The first kappa shape index (κ1) is 20.5. The number of rotatable bonds is 8. The summed E-state index contributed by atoms with van der Waals surface area (Å²) in [4.78, 5) is 26.8. The van der Waals surface area contributed by atoms with E-state index >= 15 is 0 Å². The summed E-state index contributed by atoms with van der Waals surface area (Å²) in [6.45, 7) is 7.00. The lowest BCUT2D eigenvalue weighted by Gasteiger charge is -2.20. The van der Waals surface area contributed by atoms with Gasteiger partial charge >= 0.3 is 5.97 Å². The Morgan fingerprint density at radius 3 is 2.52 bits per heavy atom. The molecule has 152 valence electrons. The molecule has 29 heavy (non-hydrogen) atoms. The topological polar surface area (TPSA) is 64.7 Å². The lowest BCUT2D eigenvalue weighted by Crippen LogP contribution is -2.34. The van der Waals surface area contributed by atoms with Crippen LogP contribution in [0, 0.1) is 13.8 Å². The van der Waals surface area contributed by atoms with Crippen molar-refractivity contribution in [1.82, 2.24) is 9.47 Å². The third-order valence-electron chi connectivity index (χ3n) is 4.97. The molecule has 6 heteroatoms. The molecular weight excluding hydrogens is 368 g/mol. The number of hydrogen-bond acceptors (Lipinski definition) is 4. The molecule has 0 spiro atoms. The van der Waals surface area contributed by atoms with Crippen molar-refractivity contribution in [2.75, 3.05) is 13.2 Å². The van der Waals surface area contributed by atoms with Crippen molar-refractivity contribution in [2.45, 2.75) is 33.9 Å². The van der Waals surface area contributed by atoms with E-state index in [0.29, 0.717) is 25.2 Å². The largest absolute Gasteiger partial charge is 0.467 e. The van der Waals surface area contributed by atoms with Gasteiger partial charge in [0.15, 0.2) is 6.61 Å². The predicted octanol–water partition coefficient (Wildman–Crippen LogP) is 3.95. The summed E-state index contributed by atoms with van der Waals surface area (Å²) in [6.07, 6.45) is 1.62. The van der Waals surface area contributed by atoms with E-state index in [1.165, 1.54) is 0 Å². The van der Waals surface area contributed by atoms with Gasteiger partial charge in [-0.1, -0.05) is 30.3 Å². The Morgan fingerprint density at radius 1 is 1.10 bits per heavy atom. The Hall–Kier alpha value is -3.28. The number of furan rings is 1. The molecule has 0 bridgehead atoms. The number of carbonyl (C=O) groups excluding carboxylic acids is 2. The average molecular weight is 394 g/mol. The van der Waals surface area contributed by atoms with Crippen LogP contribution in [0.2, 0.25) is 0 Å². The maximum absolute atomic E-state index is 12.6. The van der Waals surface area contributed by atoms with Crippen LogP contribution in [0.25, 0.3) is 0 Å². The monoisotopic (exact) mass is 394 g/mol. The van der Waals surface area contributed by atoms with Crippen molar-refractivity contribution in [3.8, 4) is 0 Å². The van der Waals surface area contributed by atoms with Crippen molar-refractivity contribution in [3.63, 3.8) is 0 Å². The zero-order valence-electron chi connectivity index (χ0n) is 17.1. The highest BCUT2D eigenvalue weighted by molar-refractivity contribution is 5.92. The number of aryl methyl sites for hydroxylation is 1. The Bertz CT molecular complexity index is 958. The van der Waals surface area contributed by atoms with Crippen LogP contribution in [0.5, 0.6) is 0 Å². The van der Waals surface area contributed by atoms with Gasteiger partial charge in [-0.25, -0.2) is 4.79 Å². The molecule has 2 heterocycles. The summed E-state index contributed by atoms with van der Waals surface area (Å²) < 4.78 is 12.7. The quantitative estimate of drug-likeness (QED) is 0.543. The van der Waals surface area contributed by atoms with Crippen LogP contribution in [0.1, 0.15) is 40.0 Å². The van der Waals surface area contributed by atoms with Gasteiger partial charge in [-0.3, -0.25) is 4.79 Å². The van der Waals surface area contributed by atoms with Crippen molar-refractivity contribution >= 4 is 11.9 Å². The van der Waals surface area contributed by atoms with Crippen LogP contribution < -0.4 is 0 Å². The molecule has 1 aromatic carbocycles. The van der Waals surface area contributed by atoms with E-state index in [1.54, 1.807) is 17.2 Å². The molecule has 2 aromatic heterocycles. The first-order valence-electron chi connectivity index (χ1n) is 9.67. The molecule has 3 rings (SSSR count). The van der Waals surface area contributed by atoms with Crippen LogP contribution in [0.15, 0.2) is 59.2 Å². The number of hydrogen-bond donors (Lipinski definition) is 0. The van der Waals surface area contributed by atoms with Gasteiger partial charge in [0.25, 0.3) is 5.91 Å². The molecule has 0 unspecified atom stereocenters. The number of nitrogens with zero attached hydrogens (tertiary/aromatic N) is 2. The zero-order chi connectivity index (χ0) is 20.8. The van der Waals surface area contributed by atoms with Crippen LogP contribution >= 0.6 is 0 Å². The fourth-order valence-electron chi connectivity index (χ4n) is 3.29. The summed E-state index contributed by atoms with van der Waals surface area (Å²) in [6, 6.07) is 15.3. The Balaban J connectivity index is 1.62. The summed E-state index contributed by atoms with van der Waals surface area (Å²) in [7, 11) is 0. The number of ether oxygens (including phenoxy) is 1. The van der Waals surface area contributed by atoms with E-state index in [4.69, 9.17) is 9.15 Å². The number of esters is 1. The molecular formula is C23H26N2O4. The molecule has 0 radical (unpaired) electrons. The second kappa shape index (κ2) is 9.28. The first-order chi connectivity index (χ1) is 14.0. The molecule has 0 saturated heterocycles. The summed E-state index contributed by atoms with van der Waals surface area (Å²) in [5.41, 5.74) is 3.22. The van der Waals surface area contributed by atoms with Crippen molar-refractivity contribution < 1.29 is 18.7 Å². The lowest BCUT2D eigenvalue weighted by molar-refractivity contribution is -0.134. The number of carbonyl (C=O) groups is 2. The predicted molar refractivity (Wildman–Crippen MR) is 110 cm³/mol. The highest BCUT2D eigenvalue weighted by Gasteiger charge is 2.20. The second-order valence-electron chi connectivity index (χ2n) is 6.92. The second-order valence-corrected chi connectivity index (χ2v) is 6.92. The van der Waals surface area contributed by atoms with E-state index < -0.39 is 5.97 Å². The molecule has 6 nitrogen and oxygen atoms in total. The maximum atomic E-state index is 12.6. The van der Waals surface area contributed by atoms with Gasteiger partial charge in [-0.05, 0) is 44.5 Å². The number of benzene rings is 1. The van der Waals surface area contributed by atoms with E-state index in [2.05, 4.69) is 0 Å². The van der Waals surface area contributed by atoms with Gasteiger partial charge in [-0.15, -0.1) is 0 Å². The van der Waals surface area contributed by atoms with Crippen LogP contribution in [-0.4, -0.2) is 34.5 Å². The SMILES string of the molecule is CCN(Cc1ccccc1)C(=O)COC(=O)c1cc(C)n(Cc2ccco2)c1C. The highest BCUT2D eigenvalue weighted by atomic mass is 16.5. The van der Waals surface area contributed by atoms with Crippen LogP contribution in [0.4, 0.5) is 0 Å². The first-order valence-corrected chi connectivity index (χ1v) is 9.67. The van der Waals surface area contributed by atoms with Crippen LogP contribution in [0.3, 0.4) is 0 Å². The smallest absolute Gasteiger partial charge is 0.340 e. The number of likely N-dealkylation sites (N-methyl/N-ethyl adjacent to an activating group) is 1. The summed E-state index contributed by atoms with van der Waals surface area (Å²) in [5, 5.41) is 0. The van der Waals surface area contributed by atoms with Crippen molar-refractivity contribution in [3.05, 3.63) is 83.1 Å². The zero-order valence-corrected chi connectivity index (χ0v) is 17.1. The average Bonchev–Trinajstić information content (AvgIpc) is 3.34. The normalized spacial score (nSPS) is 10.7. The van der Waals surface area contributed by atoms with Gasteiger partial charge in [-0.2, -0.15) is 0 Å². The molecule has 3 aromatic rings. The van der Waals surface area contributed by atoms with Gasteiger partial charge in [0.2, 0.25) is 0 Å². The molecule has 0 aliphatic heterocycles. The fourth-order valence-corrected chi connectivity index (χ4v) is 3.29. The van der Waals surface area contributed by atoms with Gasteiger partial charge < -0.3 is 18.6 Å². The fraction of sp³-hybridized carbons (Fsp3) is 0.304. The Labute approximate surface area is 170 Å². The minimum absolute atomic E-state index is 0.214. The van der Waals surface area contributed by atoms with Gasteiger partial charge in [0.1, 0.15) is 5.76 Å². The number of amides is 1. The third kappa shape index (κ3) is 4.96. The lowest BCUT2D eigenvalue weighted by atomic mass is 10.2. The van der Waals surface area contributed by atoms with E-state index in [1.807, 2.05) is 67.8 Å². The minimum atomic E-state index is -0.493. The third-order valence-corrected chi connectivity index (χ3v) is 4.97. The molecule has 0 saturated carbocycles. The van der Waals surface area contributed by atoms with Gasteiger partial charge in [0.05, 0.1) is 18.4 Å². The Kier molecular flexibility index (Phi) is 6.54. The molecule has 1 amide bonds. The summed E-state index contributed by atoms with van der Waals surface area (Å²) >= 11 is 0. The Morgan fingerprint density at radius 2 is 1.86 bits per heavy atom. The van der Waals surface area contributed by atoms with Crippen molar-refractivity contribution in [1.29, 1.82) is 0 Å².